The standard InChI is InChI=1S/C11H16N2O3S/c1-12-10-4-2-3-5-11(10)17(15,16)13-7-6-9(14)8-13/h2-5,9,12,14H,6-8H2,1H3. The topological polar surface area (TPSA) is 69.6 Å². The Morgan fingerprint density at radius 1 is 1.41 bits per heavy atom. The smallest absolute Gasteiger partial charge is 0.245 e. The summed E-state index contributed by atoms with van der Waals surface area (Å²) in [6.07, 6.45) is -0.0486. The van der Waals surface area contributed by atoms with E-state index in [2.05, 4.69) is 5.32 Å². The molecule has 0 spiro atoms. The highest BCUT2D eigenvalue weighted by atomic mass is 32.2. The average Bonchev–Trinajstić information content (AvgIpc) is 2.76. The normalized spacial score (nSPS) is 21.6. The van der Waals surface area contributed by atoms with Crippen molar-refractivity contribution >= 4 is 15.7 Å². The van der Waals surface area contributed by atoms with Gasteiger partial charge in [-0.3, -0.25) is 0 Å². The second-order valence-electron chi connectivity index (χ2n) is 4.05. The minimum atomic E-state index is -3.50. The van der Waals surface area contributed by atoms with Crippen LogP contribution in [0.15, 0.2) is 29.2 Å². The van der Waals surface area contributed by atoms with Gasteiger partial charge in [-0.15, -0.1) is 0 Å². The van der Waals surface area contributed by atoms with Crippen LogP contribution in [0.5, 0.6) is 0 Å². The van der Waals surface area contributed by atoms with Gasteiger partial charge in [0.25, 0.3) is 0 Å². The Kier molecular flexibility index (Phi) is 3.37. The second kappa shape index (κ2) is 4.64. The fourth-order valence-corrected chi connectivity index (χ4v) is 3.66. The lowest BCUT2D eigenvalue weighted by Gasteiger charge is -2.17. The molecule has 17 heavy (non-hydrogen) atoms. The van der Waals surface area contributed by atoms with E-state index in [-0.39, 0.29) is 11.4 Å². The van der Waals surface area contributed by atoms with Crippen LogP contribution in [0.4, 0.5) is 5.69 Å². The van der Waals surface area contributed by atoms with Crippen LogP contribution in [0, 0.1) is 0 Å². The van der Waals surface area contributed by atoms with E-state index in [0.717, 1.165) is 0 Å². The summed E-state index contributed by atoms with van der Waals surface area (Å²) in [5.74, 6) is 0. The number of nitrogens with one attached hydrogen (secondary N) is 1. The van der Waals surface area contributed by atoms with Crippen LogP contribution in [0.1, 0.15) is 6.42 Å². The van der Waals surface area contributed by atoms with E-state index < -0.39 is 16.1 Å². The predicted molar refractivity (Wildman–Crippen MR) is 65.4 cm³/mol. The van der Waals surface area contributed by atoms with Crippen LogP contribution in [0.2, 0.25) is 0 Å². The highest BCUT2D eigenvalue weighted by Crippen LogP contribution is 2.26. The lowest BCUT2D eigenvalue weighted by atomic mass is 10.3. The van der Waals surface area contributed by atoms with E-state index in [4.69, 9.17) is 0 Å². The summed E-state index contributed by atoms with van der Waals surface area (Å²) < 4.78 is 26.0. The molecule has 0 saturated carbocycles. The fraction of sp³-hybridized carbons (Fsp3) is 0.455. The highest BCUT2D eigenvalue weighted by molar-refractivity contribution is 7.89. The van der Waals surface area contributed by atoms with Crippen molar-refractivity contribution in [1.29, 1.82) is 0 Å². The van der Waals surface area contributed by atoms with E-state index in [1.54, 1.807) is 31.3 Å². The van der Waals surface area contributed by atoms with Crippen molar-refractivity contribution in [2.75, 3.05) is 25.5 Å². The van der Waals surface area contributed by atoms with Crippen molar-refractivity contribution in [3.8, 4) is 0 Å². The number of benzene rings is 1. The molecule has 0 aliphatic carbocycles. The molecule has 0 aromatic heterocycles. The number of aliphatic hydroxyl groups is 1. The van der Waals surface area contributed by atoms with Gasteiger partial charge < -0.3 is 10.4 Å². The lowest BCUT2D eigenvalue weighted by Crippen LogP contribution is -2.30. The molecule has 1 unspecified atom stereocenters. The van der Waals surface area contributed by atoms with Gasteiger partial charge in [0.1, 0.15) is 4.90 Å². The number of para-hydroxylation sites is 1. The van der Waals surface area contributed by atoms with E-state index in [1.165, 1.54) is 4.31 Å². The third-order valence-corrected chi connectivity index (χ3v) is 4.82. The number of anilines is 1. The van der Waals surface area contributed by atoms with Gasteiger partial charge in [-0.05, 0) is 18.6 Å². The van der Waals surface area contributed by atoms with Gasteiger partial charge in [-0.1, -0.05) is 12.1 Å². The Morgan fingerprint density at radius 2 is 2.12 bits per heavy atom. The largest absolute Gasteiger partial charge is 0.392 e. The van der Waals surface area contributed by atoms with E-state index >= 15 is 0 Å². The number of β-amino-alcohol motifs (C(OH)–C–C–N with tert-alkyl or cyclic N) is 1. The van der Waals surface area contributed by atoms with Crippen molar-refractivity contribution in [3.05, 3.63) is 24.3 Å². The molecule has 1 saturated heterocycles. The molecular formula is C11H16N2O3S. The van der Waals surface area contributed by atoms with Gasteiger partial charge in [0, 0.05) is 20.1 Å². The van der Waals surface area contributed by atoms with E-state index in [0.29, 0.717) is 18.7 Å². The summed E-state index contributed by atoms with van der Waals surface area (Å²) in [6.45, 7) is 0.557. The lowest BCUT2D eigenvalue weighted by molar-refractivity contribution is 0.189. The molecule has 0 radical (unpaired) electrons. The van der Waals surface area contributed by atoms with Crippen molar-refractivity contribution < 1.29 is 13.5 Å². The van der Waals surface area contributed by atoms with Gasteiger partial charge in [-0.2, -0.15) is 4.31 Å². The minimum Gasteiger partial charge on any atom is -0.392 e. The summed E-state index contributed by atoms with van der Waals surface area (Å²) in [4.78, 5) is 0.261. The Morgan fingerprint density at radius 3 is 2.71 bits per heavy atom. The predicted octanol–water partition coefficient (Wildman–Crippen LogP) is 0.484. The summed E-state index contributed by atoms with van der Waals surface area (Å²) >= 11 is 0. The van der Waals surface area contributed by atoms with Crippen LogP contribution in [-0.2, 0) is 10.0 Å². The van der Waals surface area contributed by atoms with Crippen LogP contribution in [-0.4, -0.2) is 44.1 Å². The number of aliphatic hydroxyl groups excluding tert-OH is 1. The van der Waals surface area contributed by atoms with Crippen molar-refractivity contribution in [2.24, 2.45) is 0 Å². The maximum Gasteiger partial charge on any atom is 0.245 e. The Labute approximate surface area is 101 Å². The molecule has 0 amide bonds. The molecule has 1 aromatic carbocycles. The number of hydrogen-bond acceptors (Lipinski definition) is 4. The highest BCUT2D eigenvalue weighted by Gasteiger charge is 2.32. The van der Waals surface area contributed by atoms with Crippen LogP contribution < -0.4 is 5.32 Å². The molecule has 1 aliphatic rings. The Hall–Kier alpha value is -1.11. The van der Waals surface area contributed by atoms with Crippen LogP contribution in [0.25, 0.3) is 0 Å². The first-order valence-electron chi connectivity index (χ1n) is 5.50. The molecule has 1 heterocycles. The minimum absolute atomic E-state index is 0.181. The SMILES string of the molecule is CNc1ccccc1S(=O)(=O)N1CCC(O)C1. The zero-order valence-corrected chi connectivity index (χ0v) is 10.4. The third kappa shape index (κ3) is 2.29. The maximum atomic E-state index is 12.3. The molecule has 1 atom stereocenters. The molecule has 1 fully saturated rings. The molecule has 2 N–H and O–H groups in total. The monoisotopic (exact) mass is 256 g/mol. The van der Waals surface area contributed by atoms with Crippen molar-refractivity contribution in [1.82, 2.24) is 4.31 Å². The molecule has 2 rings (SSSR count). The zero-order chi connectivity index (χ0) is 12.5. The molecule has 0 bridgehead atoms. The molecule has 94 valence electrons. The Bertz CT molecular complexity index is 501. The zero-order valence-electron chi connectivity index (χ0n) is 9.63. The molecular weight excluding hydrogens is 240 g/mol. The van der Waals surface area contributed by atoms with Gasteiger partial charge in [0.15, 0.2) is 0 Å². The first-order valence-corrected chi connectivity index (χ1v) is 6.94. The van der Waals surface area contributed by atoms with E-state index in [1.807, 2.05) is 0 Å². The Balaban J connectivity index is 2.38. The molecule has 1 aromatic rings. The molecule has 1 aliphatic heterocycles. The molecule has 6 heteroatoms. The average molecular weight is 256 g/mol. The second-order valence-corrected chi connectivity index (χ2v) is 5.96. The van der Waals surface area contributed by atoms with Crippen LogP contribution >= 0.6 is 0 Å². The quantitative estimate of drug-likeness (QED) is 0.825. The maximum absolute atomic E-state index is 12.3. The molecule has 5 nitrogen and oxygen atoms in total. The first-order chi connectivity index (χ1) is 8.05. The first kappa shape index (κ1) is 12.3. The van der Waals surface area contributed by atoms with E-state index in [9.17, 15) is 13.5 Å². The summed E-state index contributed by atoms with van der Waals surface area (Å²) in [5.41, 5.74) is 0.578. The summed E-state index contributed by atoms with van der Waals surface area (Å²) in [6, 6.07) is 6.77. The van der Waals surface area contributed by atoms with Crippen LogP contribution in [0.3, 0.4) is 0 Å². The van der Waals surface area contributed by atoms with Crippen molar-refractivity contribution in [2.45, 2.75) is 17.4 Å². The van der Waals surface area contributed by atoms with Gasteiger partial charge >= 0.3 is 0 Å². The van der Waals surface area contributed by atoms with Gasteiger partial charge in [0.2, 0.25) is 10.0 Å². The van der Waals surface area contributed by atoms with Gasteiger partial charge in [0.05, 0.1) is 11.8 Å². The van der Waals surface area contributed by atoms with Crippen molar-refractivity contribution in [3.63, 3.8) is 0 Å². The fourth-order valence-electron chi connectivity index (χ4n) is 1.97. The number of rotatable bonds is 3. The number of nitrogens with zero attached hydrogens (tertiary/aromatic N) is 1. The van der Waals surface area contributed by atoms with Gasteiger partial charge in [-0.25, -0.2) is 8.42 Å². The number of hydrogen-bond donors (Lipinski definition) is 2. The number of sulfonamides is 1. The summed E-state index contributed by atoms with van der Waals surface area (Å²) in [5, 5.41) is 12.3. The third-order valence-electron chi connectivity index (χ3n) is 2.90. The summed E-state index contributed by atoms with van der Waals surface area (Å²) in [7, 11) is -1.82.